The molecule has 1 fully saturated rings. The van der Waals surface area contributed by atoms with Crippen LogP contribution in [0.25, 0.3) is 0 Å². The maximum atomic E-state index is 13.3. The van der Waals surface area contributed by atoms with Crippen LogP contribution in [0.5, 0.6) is 0 Å². The van der Waals surface area contributed by atoms with Crippen LogP contribution in [-0.2, 0) is 9.53 Å². The van der Waals surface area contributed by atoms with E-state index in [-0.39, 0.29) is 17.9 Å². The van der Waals surface area contributed by atoms with Crippen molar-refractivity contribution in [3.05, 3.63) is 102 Å². The second-order valence-corrected chi connectivity index (χ2v) is 7.86. The molecule has 30 heavy (non-hydrogen) atoms. The van der Waals surface area contributed by atoms with Gasteiger partial charge in [0.15, 0.2) is 0 Å². The van der Waals surface area contributed by atoms with Crippen molar-refractivity contribution in [3.8, 4) is 0 Å². The summed E-state index contributed by atoms with van der Waals surface area (Å²) in [6, 6.07) is 24.5. The Morgan fingerprint density at radius 3 is 2.07 bits per heavy atom. The lowest BCUT2D eigenvalue weighted by molar-refractivity contribution is -0.122. The molecule has 1 amide bonds. The minimum Gasteiger partial charge on any atom is -0.381 e. The number of rotatable bonds is 7. The van der Waals surface area contributed by atoms with Crippen LogP contribution in [0.2, 0.25) is 0 Å². The summed E-state index contributed by atoms with van der Waals surface area (Å²) in [5.74, 6) is 0.448. The highest BCUT2D eigenvalue weighted by Gasteiger charge is 2.28. The van der Waals surface area contributed by atoms with E-state index in [1.165, 1.54) is 0 Å². The smallest absolute Gasteiger partial charge is 0.221 e. The lowest BCUT2D eigenvalue weighted by Crippen LogP contribution is -2.36. The Morgan fingerprint density at radius 1 is 0.900 bits per heavy atom. The van der Waals surface area contributed by atoms with Crippen LogP contribution in [0.4, 0.5) is 0 Å². The molecule has 2 heterocycles. The number of nitrogens with zero attached hydrogens (tertiary/aromatic N) is 1. The standard InChI is InChI=1S/C26H28N2O2/c29-25(18-24(20-8-3-1-4-9-20)21-10-5-2-6-11-21)28-26(22-13-16-30-17-14-22)23-12-7-15-27-19-23/h1-12,15,19,22,24,26H,13-14,16-18H2,(H,28,29). The Bertz CT molecular complexity index is 870. The molecule has 0 bridgehead atoms. The van der Waals surface area contributed by atoms with Gasteiger partial charge in [-0.1, -0.05) is 66.7 Å². The predicted molar refractivity (Wildman–Crippen MR) is 118 cm³/mol. The number of pyridine rings is 1. The highest BCUT2D eigenvalue weighted by molar-refractivity contribution is 5.78. The van der Waals surface area contributed by atoms with Gasteiger partial charge in [0, 0.05) is 37.9 Å². The molecule has 1 N–H and O–H groups in total. The predicted octanol–water partition coefficient (Wildman–Crippen LogP) is 4.89. The molecule has 4 heteroatoms. The van der Waals surface area contributed by atoms with E-state index in [0.29, 0.717) is 12.3 Å². The minimum absolute atomic E-state index is 0.0247. The van der Waals surface area contributed by atoms with E-state index >= 15 is 0 Å². The molecule has 1 atom stereocenters. The summed E-state index contributed by atoms with van der Waals surface area (Å²) < 4.78 is 5.54. The minimum atomic E-state index is -0.0395. The first kappa shape index (κ1) is 20.3. The largest absolute Gasteiger partial charge is 0.381 e. The van der Waals surface area contributed by atoms with Crippen LogP contribution in [0, 0.1) is 5.92 Å². The number of hydrogen-bond donors (Lipinski definition) is 1. The van der Waals surface area contributed by atoms with E-state index in [1.54, 1.807) is 6.20 Å². The van der Waals surface area contributed by atoms with E-state index in [4.69, 9.17) is 4.74 Å². The van der Waals surface area contributed by atoms with Gasteiger partial charge in [-0.3, -0.25) is 9.78 Å². The van der Waals surface area contributed by atoms with Gasteiger partial charge in [0.1, 0.15) is 0 Å². The van der Waals surface area contributed by atoms with Crippen molar-refractivity contribution < 1.29 is 9.53 Å². The maximum absolute atomic E-state index is 13.3. The average Bonchev–Trinajstić information content (AvgIpc) is 2.83. The van der Waals surface area contributed by atoms with E-state index in [1.807, 2.05) is 48.7 Å². The molecule has 0 spiro atoms. The van der Waals surface area contributed by atoms with Crippen LogP contribution in [0.3, 0.4) is 0 Å². The first-order valence-corrected chi connectivity index (χ1v) is 10.7. The quantitative estimate of drug-likeness (QED) is 0.614. The molecule has 0 aliphatic carbocycles. The highest BCUT2D eigenvalue weighted by Crippen LogP contribution is 2.32. The fourth-order valence-electron chi connectivity index (χ4n) is 4.30. The topological polar surface area (TPSA) is 51.2 Å². The molecule has 1 aromatic heterocycles. The van der Waals surface area contributed by atoms with Gasteiger partial charge in [0.2, 0.25) is 5.91 Å². The van der Waals surface area contributed by atoms with Gasteiger partial charge < -0.3 is 10.1 Å². The molecule has 0 saturated carbocycles. The maximum Gasteiger partial charge on any atom is 0.221 e. The molecule has 1 aliphatic heterocycles. The summed E-state index contributed by atoms with van der Waals surface area (Å²) >= 11 is 0. The summed E-state index contributed by atoms with van der Waals surface area (Å²) in [5, 5.41) is 3.34. The van der Waals surface area contributed by atoms with E-state index in [9.17, 15) is 4.79 Å². The number of hydrogen-bond acceptors (Lipinski definition) is 3. The van der Waals surface area contributed by atoms with Gasteiger partial charge in [-0.2, -0.15) is 0 Å². The Kier molecular flexibility index (Phi) is 6.88. The molecular weight excluding hydrogens is 372 g/mol. The van der Waals surface area contributed by atoms with Gasteiger partial charge in [0.25, 0.3) is 0 Å². The van der Waals surface area contributed by atoms with E-state index in [0.717, 1.165) is 42.7 Å². The zero-order chi connectivity index (χ0) is 20.6. The third kappa shape index (κ3) is 5.14. The van der Waals surface area contributed by atoms with Crippen LogP contribution >= 0.6 is 0 Å². The number of aromatic nitrogens is 1. The van der Waals surface area contributed by atoms with Gasteiger partial charge in [0.05, 0.1) is 6.04 Å². The van der Waals surface area contributed by atoms with Crippen LogP contribution in [0.15, 0.2) is 85.2 Å². The number of carbonyl (C=O) groups excluding carboxylic acids is 1. The van der Waals surface area contributed by atoms with Crippen molar-refractivity contribution in [1.82, 2.24) is 10.3 Å². The van der Waals surface area contributed by atoms with Crippen molar-refractivity contribution in [2.24, 2.45) is 5.92 Å². The summed E-state index contributed by atoms with van der Waals surface area (Å²) in [4.78, 5) is 17.5. The number of carbonyl (C=O) groups is 1. The summed E-state index contributed by atoms with van der Waals surface area (Å²) in [5.41, 5.74) is 3.37. The Morgan fingerprint density at radius 2 is 1.50 bits per heavy atom. The molecule has 0 radical (unpaired) electrons. The fourth-order valence-corrected chi connectivity index (χ4v) is 4.30. The van der Waals surface area contributed by atoms with Crippen molar-refractivity contribution in [2.75, 3.05) is 13.2 Å². The lowest BCUT2D eigenvalue weighted by atomic mass is 9.86. The molecule has 3 aromatic rings. The van der Waals surface area contributed by atoms with Crippen molar-refractivity contribution >= 4 is 5.91 Å². The molecule has 1 saturated heterocycles. The van der Waals surface area contributed by atoms with Crippen molar-refractivity contribution in [2.45, 2.75) is 31.2 Å². The SMILES string of the molecule is O=C(CC(c1ccccc1)c1ccccc1)NC(c1cccnc1)C1CCOCC1. The molecule has 4 nitrogen and oxygen atoms in total. The third-order valence-electron chi connectivity index (χ3n) is 5.89. The van der Waals surface area contributed by atoms with Gasteiger partial charge in [-0.25, -0.2) is 0 Å². The zero-order valence-corrected chi connectivity index (χ0v) is 17.1. The molecule has 2 aromatic carbocycles. The van der Waals surface area contributed by atoms with Gasteiger partial charge >= 0.3 is 0 Å². The van der Waals surface area contributed by atoms with Gasteiger partial charge in [-0.05, 0) is 41.5 Å². The zero-order valence-electron chi connectivity index (χ0n) is 17.1. The van der Waals surface area contributed by atoms with E-state index in [2.05, 4.69) is 40.6 Å². The Labute approximate surface area is 178 Å². The lowest BCUT2D eigenvalue weighted by Gasteiger charge is -2.31. The van der Waals surface area contributed by atoms with E-state index < -0.39 is 0 Å². The first-order valence-electron chi connectivity index (χ1n) is 10.7. The second-order valence-electron chi connectivity index (χ2n) is 7.86. The Hall–Kier alpha value is -2.98. The average molecular weight is 401 g/mol. The number of benzene rings is 2. The molecule has 1 unspecified atom stereocenters. The fraction of sp³-hybridized carbons (Fsp3) is 0.308. The normalized spacial score (nSPS) is 15.6. The molecular formula is C26H28N2O2. The number of nitrogens with one attached hydrogen (secondary N) is 1. The highest BCUT2D eigenvalue weighted by atomic mass is 16.5. The third-order valence-corrected chi connectivity index (χ3v) is 5.89. The van der Waals surface area contributed by atoms with Crippen molar-refractivity contribution in [1.29, 1.82) is 0 Å². The Balaban J connectivity index is 1.55. The molecule has 4 rings (SSSR count). The van der Waals surface area contributed by atoms with Crippen LogP contribution in [0.1, 0.15) is 47.9 Å². The van der Waals surface area contributed by atoms with Crippen LogP contribution < -0.4 is 5.32 Å². The van der Waals surface area contributed by atoms with Crippen LogP contribution in [-0.4, -0.2) is 24.1 Å². The first-order chi connectivity index (χ1) is 14.8. The number of amides is 1. The summed E-state index contributed by atoms with van der Waals surface area (Å²) in [7, 11) is 0. The molecule has 154 valence electrons. The van der Waals surface area contributed by atoms with Gasteiger partial charge in [-0.15, -0.1) is 0 Å². The summed E-state index contributed by atoms with van der Waals surface area (Å²) in [6.07, 6.45) is 5.94. The van der Waals surface area contributed by atoms with Crippen molar-refractivity contribution in [3.63, 3.8) is 0 Å². The summed E-state index contributed by atoms with van der Waals surface area (Å²) in [6.45, 7) is 1.49. The molecule has 1 aliphatic rings. The number of ether oxygens (including phenoxy) is 1. The monoisotopic (exact) mass is 400 g/mol. The second kappa shape index (κ2) is 10.2.